The molecule has 0 radical (unpaired) electrons. The first kappa shape index (κ1) is 10.2. The summed E-state index contributed by atoms with van der Waals surface area (Å²) < 4.78 is 0. The number of hydrogen-bond donors (Lipinski definition) is 2. The smallest absolute Gasteiger partial charge is 0.164 e. The molecule has 1 aromatic carbocycles. The van der Waals surface area contributed by atoms with E-state index in [9.17, 15) is 0 Å². The van der Waals surface area contributed by atoms with Crippen molar-refractivity contribution in [3.05, 3.63) is 42.0 Å². The van der Waals surface area contributed by atoms with Crippen molar-refractivity contribution in [1.29, 1.82) is 0 Å². The standard InChI is InChI=1S/C10H12N4S/c11-6-9-12-10(14-13-9)7-15-8-4-2-1-3-5-8/h1-5H,6-7,11H2,(H,12,13,14). The van der Waals surface area contributed by atoms with E-state index in [-0.39, 0.29) is 0 Å². The van der Waals surface area contributed by atoms with Gasteiger partial charge in [0.2, 0.25) is 0 Å². The van der Waals surface area contributed by atoms with E-state index in [1.807, 2.05) is 18.2 Å². The molecule has 0 unspecified atom stereocenters. The predicted octanol–water partition coefficient (Wildman–Crippen LogP) is 1.56. The van der Waals surface area contributed by atoms with Gasteiger partial charge in [-0.2, -0.15) is 5.10 Å². The lowest BCUT2D eigenvalue weighted by Gasteiger charge is -1.97. The largest absolute Gasteiger partial charge is 0.324 e. The van der Waals surface area contributed by atoms with Crippen molar-refractivity contribution in [3.63, 3.8) is 0 Å². The number of nitrogens with zero attached hydrogens (tertiary/aromatic N) is 2. The lowest BCUT2D eigenvalue weighted by Crippen LogP contribution is -1.98. The van der Waals surface area contributed by atoms with Gasteiger partial charge in [-0.15, -0.1) is 11.8 Å². The van der Waals surface area contributed by atoms with Gasteiger partial charge in [-0.05, 0) is 12.1 Å². The summed E-state index contributed by atoms with van der Waals surface area (Å²) in [7, 11) is 0. The fourth-order valence-electron chi connectivity index (χ4n) is 1.16. The van der Waals surface area contributed by atoms with Crippen molar-refractivity contribution >= 4 is 11.8 Å². The molecule has 78 valence electrons. The Bertz CT molecular complexity index is 412. The molecule has 3 N–H and O–H groups in total. The van der Waals surface area contributed by atoms with Gasteiger partial charge in [0.1, 0.15) is 5.82 Å². The van der Waals surface area contributed by atoms with Crippen LogP contribution in [0.15, 0.2) is 35.2 Å². The highest BCUT2D eigenvalue weighted by atomic mass is 32.2. The number of nitrogens with two attached hydrogens (primary N) is 1. The van der Waals surface area contributed by atoms with Crippen molar-refractivity contribution < 1.29 is 0 Å². The first-order valence-electron chi connectivity index (χ1n) is 4.66. The van der Waals surface area contributed by atoms with Crippen LogP contribution in [0, 0.1) is 0 Å². The van der Waals surface area contributed by atoms with E-state index in [1.165, 1.54) is 4.90 Å². The van der Waals surface area contributed by atoms with Crippen LogP contribution in [0.4, 0.5) is 0 Å². The summed E-state index contributed by atoms with van der Waals surface area (Å²) in [6.45, 7) is 0.381. The van der Waals surface area contributed by atoms with Crippen LogP contribution in [0.1, 0.15) is 11.6 Å². The maximum absolute atomic E-state index is 5.42. The molecular weight excluding hydrogens is 208 g/mol. The number of H-pyrrole nitrogens is 1. The molecule has 0 aliphatic heterocycles. The van der Waals surface area contributed by atoms with Crippen LogP contribution in [-0.4, -0.2) is 15.2 Å². The lowest BCUT2D eigenvalue weighted by molar-refractivity contribution is 0.916. The number of nitrogens with one attached hydrogen (secondary N) is 1. The highest BCUT2D eigenvalue weighted by Gasteiger charge is 2.01. The zero-order valence-corrected chi connectivity index (χ0v) is 9.00. The van der Waals surface area contributed by atoms with Gasteiger partial charge in [0.25, 0.3) is 0 Å². The van der Waals surface area contributed by atoms with Crippen LogP contribution < -0.4 is 5.73 Å². The molecule has 0 bridgehead atoms. The monoisotopic (exact) mass is 220 g/mol. The lowest BCUT2D eigenvalue weighted by atomic mass is 10.4. The molecule has 1 heterocycles. The first-order chi connectivity index (χ1) is 7.38. The number of benzene rings is 1. The molecule has 2 aromatic rings. The van der Waals surface area contributed by atoms with Crippen LogP contribution >= 0.6 is 11.8 Å². The zero-order valence-electron chi connectivity index (χ0n) is 8.18. The minimum Gasteiger partial charge on any atom is -0.324 e. The summed E-state index contributed by atoms with van der Waals surface area (Å²) in [5.41, 5.74) is 5.42. The number of aromatic amines is 1. The van der Waals surface area contributed by atoms with Gasteiger partial charge >= 0.3 is 0 Å². The Labute approximate surface area is 92.3 Å². The molecule has 1 aromatic heterocycles. The molecular formula is C10H12N4S. The zero-order chi connectivity index (χ0) is 10.5. The van der Waals surface area contributed by atoms with E-state index >= 15 is 0 Å². The van der Waals surface area contributed by atoms with Gasteiger partial charge in [0, 0.05) is 4.90 Å². The fraction of sp³-hybridized carbons (Fsp3) is 0.200. The van der Waals surface area contributed by atoms with Crippen molar-refractivity contribution in [1.82, 2.24) is 15.2 Å². The SMILES string of the molecule is NCc1n[nH]c(CSc2ccccc2)n1. The molecule has 0 saturated heterocycles. The van der Waals surface area contributed by atoms with Gasteiger partial charge in [0.05, 0.1) is 12.3 Å². The van der Waals surface area contributed by atoms with E-state index in [0.29, 0.717) is 12.4 Å². The molecule has 0 atom stereocenters. The van der Waals surface area contributed by atoms with Gasteiger partial charge in [-0.25, -0.2) is 4.98 Å². The number of rotatable bonds is 4. The molecule has 5 heteroatoms. The number of aromatic nitrogens is 3. The van der Waals surface area contributed by atoms with Crippen LogP contribution in [-0.2, 0) is 12.3 Å². The minimum absolute atomic E-state index is 0.381. The van der Waals surface area contributed by atoms with Gasteiger partial charge in [-0.1, -0.05) is 18.2 Å². The van der Waals surface area contributed by atoms with Crippen molar-refractivity contribution in [3.8, 4) is 0 Å². The average Bonchev–Trinajstić information content (AvgIpc) is 2.76. The highest BCUT2D eigenvalue weighted by Crippen LogP contribution is 2.20. The third-order valence-corrected chi connectivity index (χ3v) is 2.90. The fourth-order valence-corrected chi connectivity index (χ4v) is 1.94. The van der Waals surface area contributed by atoms with E-state index < -0.39 is 0 Å². The predicted molar refractivity (Wildman–Crippen MR) is 60.3 cm³/mol. The normalized spacial score (nSPS) is 10.5. The van der Waals surface area contributed by atoms with Crippen LogP contribution in [0.3, 0.4) is 0 Å². The summed E-state index contributed by atoms with van der Waals surface area (Å²) in [6.07, 6.45) is 0. The second kappa shape index (κ2) is 4.95. The van der Waals surface area contributed by atoms with E-state index in [0.717, 1.165) is 11.6 Å². The molecule has 0 saturated carbocycles. The summed E-state index contributed by atoms with van der Waals surface area (Å²) in [5, 5.41) is 6.84. The van der Waals surface area contributed by atoms with E-state index in [1.54, 1.807) is 11.8 Å². The molecule has 0 amide bonds. The number of hydrogen-bond acceptors (Lipinski definition) is 4. The maximum Gasteiger partial charge on any atom is 0.164 e. The summed E-state index contributed by atoms with van der Waals surface area (Å²) in [4.78, 5) is 5.46. The summed E-state index contributed by atoms with van der Waals surface area (Å²) in [6, 6.07) is 10.2. The van der Waals surface area contributed by atoms with Crippen LogP contribution in [0.2, 0.25) is 0 Å². The summed E-state index contributed by atoms with van der Waals surface area (Å²) >= 11 is 1.72. The van der Waals surface area contributed by atoms with Crippen LogP contribution in [0.5, 0.6) is 0 Å². The summed E-state index contributed by atoms with van der Waals surface area (Å²) in [5.74, 6) is 2.32. The van der Waals surface area contributed by atoms with Crippen LogP contribution in [0.25, 0.3) is 0 Å². The van der Waals surface area contributed by atoms with Crippen molar-refractivity contribution in [2.24, 2.45) is 5.73 Å². The van der Waals surface area contributed by atoms with Gasteiger partial charge < -0.3 is 5.73 Å². The molecule has 0 fully saturated rings. The van der Waals surface area contributed by atoms with Crippen molar-refractivity contribution in [2.75, 3.05) is 0 Å². The molecule has 0 aliphatic carbocycles. The highest BCUT2D eigenvalue weighted by molar-refractivity contribution is 7.98. The Morgan fingerprint density at radius 2 is 2.07 bits per heavy atom. The topological polar surface area (TPSA) is 67.6 Å². The Kier molecular flexibility index (Phi) is 3.37. The molecule has 4 nitrogen and oxygen atoms in total. The Balaban J connectivity index is 1.93. The maximum atomic E-state index is 5.42. The molecule has 15 heavy (non-hydrogen) atoms. The average molecular weight is 220 g/mol. The molecule has 0 spiro atoms. The van der Waals surface area contributed by atoms with Crippen molar-refractivity contribution in [2.45, 2.75) is 17.2 Å². The third-order valence-electron chi connectivity index (χ3n) is 1.88. The van der Waals surface area contributed by atoms with Gasteiger partial charge in [0.15, 0.2) is 5.82 Å². The molecule has 0 aliphatic rings. The van der Waals surface area contributed by atoms with Gasteiger partial charge in [-0.3, -0.25) is 5.10 Å². The second-order valence-electron chi connectivity index (χ2n) is 3.00. The number of thioether (sulfide) groups is 1. The van der Waals surface area contributed by atoms with E-state index in [2.05, 4.69) is 27.3 Å². The Morgan fingerprint density at radius 1 is 1.27 bits per heavy atom. The quantitative estimate of drug-likeness (QED) is 0.767. The second-order valence-corrected chi connectivity index (χ2v) is 4.05. The van der Waals surface area contributed by atoms with E-state index in [4.69, 9.17) is 5.73 Å². The first-order valence-corrected chi connectivity index (χ1v) is 5.65. The Hall–Kier alpha value is -1.33. The Morgan fingerprint density at radius 3 is 2.73 bits per heavy atom. The third kappa shape index (κ3) is 2.81. The minimum atomic E-state index is 0.381. The molecule has 2 rings (SSSR count).